The van der Waals surface area contributed by atoms with Crippen molar-refractivity contribution in [1.29, 1.82) is 0 Å². The highest BCUT2D eigenvalue weighted by Crippen LogP contribution is 2.39. The number of nitrogens with one attached hydrogen (secondary N) is 1. The molecule has 3 heterocycles. The van der Waals surface area contributed by atoms with Gasteiger partial charge in [0.25, 0.3) is 0 Å². The maximum absolute atomic E-state index is 14.5. The lowest BCUT2D eigenvalue weighted by Gasteiger charge is -2.47. The van der Waals surface area contributed by atoms with E-state index in [1.807, 2.05) is 44.2 Å². The van der Waals surface area contributed by atoms with E-state index in [1.165, 1.54) is 26.5 Å². The number of methoxy groups -OCH3 is 1. The van der Waals surface area contributed by atoms with Gasteiger partial charge in [-0.3, -0.25) is 19.1 Å². The summed E-state index contributed by atoms with van der Waals surface area (Å²) in [6.45, 7) is 15.7. The third kappa shape index (κ3) is 12.3. The first-order chi connectivity index (χ1) is 29.2. The van der Waals surface area contributed by atoms with Gasteiger partial charge >= 0.3 is 12.1 Å². The minimum Gasteiger partial charge on any atom is -0.459 e. The van der Waals surface area contributed by atoms with Gasteiger partial charge in [-0.15, -0.1) is 5.10 Å². The lowest BCUT2D eigenvalue weighted by molar-refractivity contribution is -0.295. The molecule has 2 fully saturated rings. The molecule has 1 aromatic heterocycles. The number of carbonyl (C=O) groups is 4. The van der Waals surface area contributed by atoms with Gasteiger partial charge in [0.1, 0.15) is 41.3 Å². The highest BCUT2D eigenvalue weighted by Gasteiger charge is 2.53. The van der Waals surface area contributed by atoms with E-state index in [0.29, 0.717) is 19.4 Å². The lowest BCUT2D eigenvalue weighted by Crippen LogP contribution is -2.60. The summed E-state index contributed by atoms with van der Waals surface area (Å²) in [7, 11) is 5.15. The Labute approximate surface area is 367 Å². The van der Waals surface area contributed by atoms with Gasteiger partial charge in [-0.1, -0.05) is 70.5 Å². The van der Waals surface area contributed by atoms with Crippen molar-refractivity contribution in [3.63, 3.8) is 0 Å². The molecule has 2 aliphatic heterocycles. The maximum Gasteiger partial charge on any atom is 0.407 e. The number of alkyl carbamates (subject to hydrolysis) is 1. The van der Waals surface area contributed by atoms with Crippen LogP contribution < -0.4 is 5.32 Å². The van der Waals surface area contributed by atoms with E-state index in [1.54, 1.807) is 39.3 Å². The molecule has 16 nitrogen and oxygen atoms in total. The van der Waals surface area contributed by atoms with Gasteiger partial charge in [0.15, 0.2) is 12.1 Å². The van der Waals surface area contributed by atoms with Crippen molar-refractivity contribution in [2.45, 2.75) is 168 Å². The topological polar surface area (TPSA) is 201 Å². The van der Waals surface area contributed by atoms with Crippen LogP contribution in [0.15, 0.2) is 30.5 Å². The predicted octanol–water partition coefficient (Wildman–Crippen LogP) is 5.15. The third-order valence-corrected chi connectivity index (χ3v) is 12.9. The van der Waals surface area contributed by atoms with Crippen molar-refractivity contribution in [2.75, 3.05) is 27.7 Å². The number of amides is 1. The van der Waals surface area contributed by atoms with E-state index >= 15 is 0 Å². The number of hydrogen-bond donors (Lipinski definition) is 3. The van der Waals surface area contributed by atoms with Crippen molar-refractivity contribution in [3.8, 4) is 11.3 Å². The van der Waals surface area contributed by atoms with Crippen LogP contribution in [0, 0.1) is 23.7 Å². The Morgan fingerprint density at radius 3 is 2.27 bits per heavy atom. The summed E-state index contributed by atoms with van der Waals surface area (Å²) in [6, 6.07) is 7.98. The number of aromatic nitrogens is 3. The number of Topliss-reactive ketones (excluding diaryl/α,β-unsaturated/α-hetero) is 2. The Kier molecular flexibility index (Phi) is 18.2. The van der Waals surface area contributed by atoms with E-state index < -0.39 is 83.4 Å². The van der Waals surface area contributed by atoms with E-state index in [-0.39, 0.29) is 37.3 Å². The van der Waals surface area contributed by atoms with Crippen molar-refractivity contribution in [2.24, 2.45) is 23.7 Å². The van der Waals surface area contributed by atoms with Crippen LogP contribution in [0.25, 0.3) is 11.3 Å². The van der Waals surface area contributed by atoms with E-state index in [2.05, 4.69) is 34.7 Å². The number of carbonyl (C=O) groups excluding carboxylic acids is 4. The minimum atomic E-state index is -2.06. The first-order valence-electron chi connectivity index (χ1n) is 22.3. The SMILES string of the molecule is CCCCc1ccc(-c2cn(CCCNC(=O)O[C@@H]3[C@@H](C)C(=O)[C@H](C)C[C@@](C)(OC)[C@H](O[C@H]4O[C@@H](C)C[C@@H](N(C)C)[C@@H]4O)[C@@H](C)C(=O)[C@@H](C)C(=O)O[C@H](CC)[C@@]3(C)O)nn2)cc1. The van der Waals surface area contributed by atoms with Crippen LogP contribution in [0.2, 0.25) is 0 Å². The number of likely N-dealkylation sites (N-methyl/N-ethyl adjacent to an activating group) is 1. The van der Waals surface area contributed by atoms with Gasteiger partial charge in [-0.05, 0) is 85.9 Å². The van der Waals surface area contributed by atoms with Crippen LogP contribution >= 0.6 is 0 Å². The zero-order chi connectivity index (χ0) is 46.1. The van der Waals surface area contributed by atoms with Crippen LogP contribution in [0.5, 0.6) is 0 Å². The van der Waals surface area contributed by atoms with E-state index in [9.17, 15) is 29.4 Å². The number of unbranched alkanes of at least 4 members (excludes halogenated alkanes) is 1. The molecule has 0 radical (unpaired) electrons. The molecule has 4 rings (SSSR count). The van der Waals surface area contributed by atoms with Crippen LogP contribution in [0.3, 0.4) is 0 Å². The molecule has 16 heteroatoms. The van der Waals surface area contributed by atoms with Gasteiger partial charge in [-0.2, -0.15) is 0 Å². The number of hydrogen-bond acceptors (Lipinski definition) is 14. The zero-order valence-electron chi connectivity index (χ0n) is 39.0. The molecule has 348 valence electrons. The van der Waals surface area contributed by atoms with Gasteiger partial charge in [0.2, 0.25) is 0 Å². The lowest BCUT2D eigenvalue weighted by atomic mass is 9.74. The number of benzene rings is 1. The van der Waals surface area contributed by atoms with Crippen molar-refractivity contribution < 1.29 is 53.1 Å². The number of ether oxygens (including phenoxy) is 5. The Bertz CT molecular complexity index is 1790. The normalized spacial score (nSPS) is 34.1. The molecule has 1 amide bonds. The molecule has 0 spiro atoms. The second-order valence-electron chi connectivity index (χ2n) is 18.2. The summed E-state index contributed by atoms with van der Waals surface area (Å²) in [5.74, 6) is -6.01. The summed E-state index contributed by atoms with van der Waals surface area (Å²) < 4.78 is 32.2. The van der Waals surface area contributed by atoms with Gasteiger partial charge in [0, 0.05) is 43.6 Å². The molecule has 2 aliphatic rings. The first-order valence-corrected chi connectivity index (χ1v) is 22.3. The molecule has 62 heavy (non-hydrogen) atoms. The summed E-state index contributed by atoms with van der Waals surface area (Å²) in [4.78, 5) is 57.8. The molecule has 0 aliphatic carbocycles. The van der Waals surface area contributed by atoms with Crippen LogP contribution in [-0.4, -0.2) is 136 Å². The number of ketones is 2. The minimum absolute atomic E-state index is 0.0236. The number of aryl methyl sites for hydroxylation is 2. The molecule has 3 N–H and O–H groups in total. The largest absolute Gasteiger partial charge is 0.459 e. The zero-order valence-corrected chi connectivity index (χ0v) is 39.0. The third-order valence-electron chi connectivity index (χ3n) is 12.9. The summed E-state index contributed by atoms with van der Waals surface area (Å²) in [6.07, 6.45) is -1.01. The van der Waals surface area contributed by atoms with Gasteiger partial charge in [-0.25, -0.2) is 4.79 Å². The number of cyclic esters (lactones) is 1. The van der Waals surface area contributed by atoms with Crippen molar-refractivity contribution in [1.82, 2.24) is 25.2 Å². The molecule has 13 atom stereocenters. The second-order valence-corrected chi connectivity index (χ2v) is 18.2. The maximum atomic E-state index is 14.5. The van der Waals surface area contributed by atoms with Crippen molar-refractivity contribution >= 4 is 23.6 Å². The molecule has 0 unspecified atom stereocenters. The number of aliphatic hydroxyl groups is 2. The molecular weight excluding hydrogens is 799 g/mol. The summed E-state index contributed by atoms with van der Waals surface area (Å²) >= 11 is 0. The Morgan fingerprint density at radius 1 is 1.00 bits per heavy atom. The average Bonchev–Trinajstić information content (AvgIpc) is 3.72. The van der Waals surface area contributed by atoms with E-state index in [0.717, 1.165) is 30.5 Å². The Hall–Kier alpha value is -3.80. The first kappa shape index (κ1) is 50.8. The summed E-state index contributed by atoms with van der Waals surface area (Å²) in [5.41, 5.74) is -0.439. The second kappa shape index (κ2) is 22.2. The monoisotopic (exact) mass is 872 g/mol. The Morgan fingerprint density at radius 2 is 1.66 bits per heavy atom. The van der Waals surface area contributed by atoms with Gasteiger partial charge < -0.3 is 44.1 Å². The molecular formula is C46H73N5O11. The number of nitrogens with zero attached hydrogens (tertiary/aromatic N) is 4. The number of aliphatic hydroxyl groups excluding tert-OH is 1. The fourth-order valence-corrected chi connectivity index (χ4v) is 8.99. The molecule has 1 aromatic carbocycles. The van der Waals surface area contributed by atoms with Crippen LogP contribution in [0.1, 0.15) is 106 Å². The van der Waals surface area contributed by atoms with Crippen molar-refractivity contribution in [3.05, 3.63) is 36.0 Å². The fourth-order valence-electron chi connectivity index (χ4n) is 8.99. The summed E-state index contributed by atoms with van der Waals surface area (Å²) in [5, 5.41) is 34.9. The number of rotatable bonds is 14. The fraction of sp³-hybridized carbons (Fsp3) is 0.739. The van der Waals surface area contributed by atoms with Crippen LogP contribution in [0.4, 0.5) is 4.79 Å². The number of esters is 1. The smallest absolute Gasteiger partial charge is 0.407 e. The standard InChI is InChI=1S/C46H73N5O11/c1-13-15-17-32-18-20-33(21-19-32)34-26-51(49-48-34)23-16-22-47-44(56)62-41-29(5)37(52)27(3)25-45(8,58-12)40(61-43-39(54)35(50(10)11)24-28(4)59-43)30(6)38(53)31(7)42(55)60-36(14-2)46(41,9)57/h18-21,26-31,35-36,39-41,43,54,57H,13-17,22-25H2,1-12H3,(H,47,56)/t27-,28+,29+,30+,31-,35-,36-,39+,40-,41-,43-,45-,46-/m1/s1. The van der Waals surface area contributed by atoms with E-state index in [4.69, 9.17) is 23.7 Å². The van der Waals surface area contributed by atoms with Crippen LogP contribution in [-0.2, 0) is 51.0 Å². The molecule has 2 saturated heterocycles. The quantitative estimate of drug-likeness (QED) is 0.128. The Balaban J connectivity index is 1.54. The van der Waals surface area contributed by atoms with Gasteiger partial charge in [0.05, 0.1) is 29.9 Å². The highest BCUT2D eigenvalue weighted by atomic mass is 16.7. The molecule has 2 aromatic rings. The molecule has 0 bridgehead atoms. The highest BCUT2D eigenvalue weighted by molar-refractivity contribution is 6.00. The average molecular weight is 872 g/mol. The molecule has 0 saturated carbocycles. The predicted molar refractivity (Wildman–Crippen MR) is 232 cm³/mol.